The van der Waals surface area contributed by atoms with Crippen LogP contribution in [0, 0.1) is 24.0 Å². The van der Waals surface area contributed by atoms with Crippen molar-refractivity contribution < 1.29 is 4.92 Å². The smallest absolute Gasteiger partial charge is 0.258 e. The number of nitrogens with zero attached hydrogens (tertiary/aromatic N) is 1. The van der Waals surface area contributed by atoms with Crippen LogP contribution < -0.4 is 0 Å². The molecule has 0 saturated heterocycles. The Labute approximate surface area is 85.1 Å². The number of nitro groups is 1. The van der Waals surface area contributed by atoms with Gasteiger partial charge in [0.15, 0.2) is 0 Å². The molecule has 14 heavy (non-hydrogen) atoms. The Bertz CT molecular complexity index is 516. The SMILES string of the molecule is Cc1cc(C)c2sccc2c1[N+](=O)[O-]. The first-order chi connectivity index (χ1) is 6.61. The second-order valence-corrected chi connectivity index (χ2v) is 4.20. The number of hydrogen-bond donors (Lipinski definition) is 0. The van der Waals surface area contributed by atoms with Crippen molar-refractivity contribution in [3.05, 3.63) is 38.8 Å². The summed E-state index contributed by atoms with van der Waals surface area (Å²) in [6.07, 6.45) is 0. The number of nitro benzene ring substituents is 1. The fourth-order valence-electron chi connectivity index (χ4n) is 1.71. The van der Waals surface area contributed by atoms with Crippen molar-refractivity contribution in [1.82, 2.24) is 0 Å². The molecule has 0 aliphatic heterocycles. The van der Waals surface area contributed by atoms with Gasteiger partial charge >= 0.3 is 0 Å². The first kappa shape index (κ1) is 9.15. The van der Waals surface area contributed by atoms with Crippen LogP contribution in [0.5, 0.6) is 0 Å². The van der Waals surface area contributed by atoms with Crippen LogP contribution in [0.4, 0.5) is 5.69 Å². The van der Waals surface area contributed by atoms with E-state index in [4.69, 9.17) is 0 Å². The Balaban J connectivity index is 2.93. The van der Waals surface area contributed by atoms with Crippen LogP contribution in [0.1, 0.15) is 11.1 Å². The molecule has 0 spiro atoms. The molecule has 1 aromatic carbocycles. The first-order valence-electron chi connectivity index (χ1n) is 4.23. The highest BCUT2D eigenvalue weighted by Crippen LogP contribution is 2.34. The van der Waals surface area contributed by atoms with E-state index in [1.165, 1.54) is 0 Å². The summed E-state index contributed by atoms with van der Waals surface area (Å²) in [6.45, 7) is 3.76. The summed E-state index contributed by atoms with van der Waals surface area (Å²) >= 11 is 1.55. The predicted octanol–water partition coefficient (Wildman–Crippen LogP) is 3.43. The number of rotatable bonds is 1. The van der Waals surface area contributed by atoms with Crippen molar-refractivity contribution in [3.8, 4) is 0 Å². The summed E-state index contributed by atoms with van der Waals surface area (Å²) in [7, 11) is 0. The van der Waals surface area contributed by atoms with Gasteiger partial charge in [-0.05, 0) is 36.9 Å². The quantitative estimate of drug-likeness (QED) is 0.531. The lowest BCUT2D eigenvalue weighted by molar-refractivity contribution is -0.383. The van der Waals surface area contributed by atoms with Crippen LogP contribution in [0.25, 0.3) is 10.1 Å². The van der Waals surface area contributed by atoms with E-state index in [1.807, 2.05) is 24.4 Å². The lowest BCUT2D eigenvalue weighted by Gasteiger charge is -2.01. The van der Waals surface area contributed by atoms with Gasteiger partial charge < -0.3 is 0 Å². The molecule has 1 heterocycles. The van der Waals surface area contributed by atoms with E-state index in [2.05, 4.69) is 0 Å². The van der Waals surface area contributed by atoms with Gasteiger partial charge in [-0.3, -0.25) is 10.1 Å². The van der Waals surface area contributed by atoms with Gasteiger partial charge in [-0.2, -0.15) is 0 Å². The van der Waals surface area contributed by atoms with E-state index in [9.17, 15) is 10.1 Å². The summed E-state index contributed by atoms with van der Waals surface area (Å²) in [5.41, 5.74) is 2.09. The normalized spacial score (nSPS) is 10.7. The molecular formula is C10H9NO2S. The van der Waals surface area contributed by atoms with Gasteiger partial charge in [0.25, 0.3) is 5.69 Å². The highest BCUT2D eigenvalue weighted by atomic mass is 32.1. The fraction of sp³-hybridized carbons (Fsp3) is 0.200. The van der Waals surface area contributed by atoms with E-state index in [0.717, 1.165) is 21.2 Å². The zero-order valence-corrected chi connectivity index (χ0v) is 8.72. The van der Waals surface area contributed by atoms with Crippen LogP contribution >= 0.6 is 11.3 Å². The van der Waals surface area contributed by atoms with Gasteiger partial charge in [-0.15, -0.1) is 11.3 Å². The van der Waals surface area contributed by atoms with Crippen molar-refractivity contribution >= 4 is 27.1 Å². The van der Waals surface area contributed by atoms with Gasteiger partial charge in [0, 0.05) is 10.3 Å². The van der Waals surface area contributed by atoms with E-state index in [0.29, 0.717) is 0 Å². The number of benzene rings is 1. The number of thiophene rings is 1. The molecule has 2 aromatic rings. The third-order valence-electron chi connectivity index (χ3n) is 2.27. The zero-order valence-electron chi connectivity index (χ0n) is 7.90. The van der Waals surface area contributed by atoms with Gasteiger partial charge in [0.2, 0.25) is 0 Å². The van der Waals surface area contributed by atoms with E-state index in [-0.39, 0.29) is 10.6 Å². The minimum atomic E-state index is -0.302. The monoisotopic (exact) mass is 207 g/mol. The molecule has 3 nitrogen and oxygen atoms in total. The lowest BCUT2D eigenvalue weighted by atomic mass is 10.1. The predicted molar refractivity (Wildman–Crippen MR) is 58.0 cm³/mol. The third-order valence-corrected chi connectivity index (χ3v) is 3.32. The summed E-state index contributed by atoms with van der Waals surface area (Å²) in [5, 5.41) is 13.5. The minimum Gasteiger partial charge on any atom is -0.258 e. The highest BCUT2D eigenvalue weighted by molar-refractivity contribution is 7.17. The first-order valence-corrected chi connectivity index (χ1v) is 5.11. The highest BCUT2D eigenvalue weighted by Gasteiger charge is 2.17. The van der Waals surface area contributed by atoms with E-state index >= 15 is 0 Å². The Morgan fingerprint density at radius 1 is 1.36 bits per heavy atom. The molecule has 0 saturated carbocycles. The topological polar surface area (TPSA) is 43.1 Å². The van der Waals surface area contributed by atoms with Crippen LogP contribution in [-0.2, 0) is 0 Å². The Hall–Kier alpha value is -1.42. The average Bonchev–Trinajstić information content (AvgIpc) is 2.51. The van der Waals surface area contributed by atoms with Crippen molar-refractivity contribution in [1.29, 1.82) is 0 Å². The van der Waals surface area contributed by atoms with Crippen molar-refractivity contribution in [2.75, 3.05) is 0 Å². The second-order valence-electron chi connectivity index (χ2n) is 3.28. The molecule has 0 atom stereocenters. The molecule has 1 aromatic heterocycles. The third kappa shape index (κ3) is 1.19. The van der Waals surface area contributed by atoms with Crippen molar-refractivity contribution in [3.63, 3.8) is 0 Å². The second kappa shape index (κ2) is 3.06. The van der Waals surface area contributed by atoms with Crippen molar-refractivity contribution in [2.45, 2.75) is 13.8 Å². The lowest BCUT2D eigenvalue weighted by Crippen LogP contribution is -1.92. The molecule has 4 heteroatoms. The molecule has 2 rings (SSSR count). The Morgan fingerprint density at radius 3 is 2.71 bits per heavy atom. The molecule has 0 bridgehead atoms. The molecule has 0 amide bonds. The van der Waals surface area contributed by atoms with Crippen molar-refractivity contribution in [2.24, 2.45) is 0 Å². The summed E-state index contributed by atoms with van der Waals surface area (Å²) in [5.74, 6) is 0. The van der Waals surface area contributed by atoms with Gasteiger partial charge in [0.1, 0.15) is 0 Å². The maximum atomic E-state index is 10.9. The number of hydrogen-bond acceptors (Lipinski definition) is 3. The maximum absolute atomic E-state index is 10.9. The summed E-state index contributed by atoms with van der Waals surface area (Å²) < 4.78 is 1.02. The van der Waals surface area contributed by atoms with Crippen LogP contribution in [0.2, 0.25) is 0 Å². The molecule has 0 aliphatic carbocycles. The molecule has 0 radical (unpaired) electrons. The molecule has 72 valence electrons. The van der Waals surface area contributed by atoms with Gasteiger partial charge in [-0.1, -0.05) is 0 Å². The molecule has 0 unspecified atom stereocenters. The minimum absolute atomic E-state index is 0.242. The fourth-order valence-corrected chi connectivity index (χ4v) is 2.59. The standard InChI is InChI=1S/C10H9NO2S/c1-6-5-7(2)10-8(3-4-14-10)9(6)11(12)13/h3-5H,1-2H3. The molecule has 0 N–H and O–H groups in total. The van der Waals surface area contributed by atoms with Crippen LogP contribution in [0.3, 0.4) is 0 Å². The average molecular weight is 207 g/mol. The van der Waals surface area contributed by atoms with E-state index in [1.54, 1.807) is 18.3 Å². The Kier molecular flexibility index (Phi) is 2.00. The van der Waals surface area contributed by atoms with Crippen LogP contribution in [0.15, 0.2) is 17.5 Å². The summed E-state index contributed by atoms with van der Waals surface area (Å²) in [4.78, 5) is 10.6. The molecule has 0 fully saturated rings. The van der Waals surface area contributed by atoms with Crippen LogP contribution in [-0.4, -0.2) is 4.92 Å². The zero-order chi connectivity index (χ0) is 10.3. The van der Waals surface area contributed by atoms with Gasteiger partial charge in [0.05, 0.1) is 10.3 Å². The Morgan fingerprint density at radius 2 is 2.07 bits per heavy atom. The molecule has 0 aliphatic rings. The van der Waals surface area contributed by atoms with E-state index < -0.39 is 0 Å². The maximum Gasteiger partial charge on any atom is 0.280 e. The van der Waals surface area contributed by atoms with Gasteiger partial charge in [-0.25, -0.2) is 0 Å². The number of fused-ring (bicyclic) bond motifs is 1. The number of aryl methyl sites for hydroxylation is 2. The molecular weight excluding hydrogens is 198 g/mol. The summed E-state index contributed by atoms with van der Waals surface area (Å²) in [6, 6.07) is 3.69. The largest absolute Gasteiger partial charge is 0.280 e.